The molecular weight excluding hydrogens is 296 g/mol. The van der Waals surface area contributed by atoms with Crippen molar-refractivity contribution in [3.8, 4) is 0 Å². The molecule has 1 saturated carbocycles. The van der Waals surface area contributed by atoms with Gasteiger partial charge in [0.15, 0.2) is 0 Å². The summed E-state index contributed by atoms with van der Waals surface area (Å²) in [5.74, 6) is 1.16. The topological polar surface area (TPSA) is 37.3 Å². The fourth-order valence-electron chi connectivity index (χ4n) is 4.38. The second-order valence-corrected chi connectivity index (χ2v) is 8.89. The Hall–Kier alpha value is -0.530. The van der Waals surface area contributed by atoms with E-state index in [1.165, 1.54) is 77.0 Å². The van der Waals surface area contributed by atoms with Gasteiger partial charge in [-0.25, -0.2) is 0 Å². The first-order valence-electron chi connectivity index (χ1n) is 10.7. The molecule has 142 valence electrons. The first kappa shape index (κ1) is 21.5. The number of hydrogen-bond acceptors (Lipinski definition) is 1. The predicted molar refractivity (Wildman–Crippen MR) is 103 cm³/mol. The summed E-state index contributed by atoms with van der Waals surface area (Å²) in [5, 5.41) is 8.59. The molecule has 1 N–H and O–H groups in total. The zero-order chi connectivity index (χ0) is 17.8. The number of unbranched alkanes of at least 4 members (excludes halogenated alkanes) is 8. The van der Waals surface area contributed by atoms with Gasteiger partial charge >= 0.3 is 5.97 Å². The normalized spacial score (nSPS) is 24.4. The maximum atomic E-state index is 10.4. The Kier molecular flexibility index (Phi) is 10.7. The molecule has 0 saturated heterocycles. The molecule has 0 bridgehead atoms. The van der Waals surface area contributed by atoms with E-state index in [0.29, 0.717) is 11.8 Å². The van der Waals surface area contributed by atoms with Gasteiger partial charge < -0.3 is 5.11 Å². The van der Waals surface area contributed by atoms with Crippen molar-refractivity contribution in [3.05, 3.63) is 0 Å². The molecule has 2 heteroatoms. The molecule has 1 aliphatic rings. The first-order chi connectivity index (χ1) is 11.4. The highest BCUT2D eigenvalue weighted by molar-refractivity contribution is 5.66. The van der Waals surface area contributed by atoms with Gasteiger partial charge in [0, 0.05) is 6.42 Å². The lowest BCUT2D eigenvalue weighted by atomic mass is 9.64. The quantitative estimate of drug-likeness (QED) is 0.360. The third kappa shape index (κ3) is 9.08. The van der Waals surface area contributed by atoms with Gasteiger partial charge in [-0.05, 0) is 36.5 Å². The van der Waals surface area contributed by atoms with Crippen LogP contribution in [0.2, 0.25) is 0 Å². The Morgan fingerprint density at radius 1 is 1.00 bits per heavy atom. The average molecular weight is 339 g/mol. The zero-order valence-corrected chi connectivity index (χ0v) is 16.6. The number of carbonyl (C=O) groups is 1. The highest BCUT2D eigenvalue weighted by Gasteiger charge is 2.34. The van der Waals surface area contributed by atoms with Crippen LogP contribution in [0.15, 0.2) is 0 Å². The molecule has 0 aliphatic heterocycles. The number of carboxylic acids is 1. The summed E-state index contributed by atoms with van der Waals surface area (Å²) in [5.41, 5.74) is 0.601. The van der Waals surface area contributed by atoms with Crippen LogP contribution in [-0.2, 0) is 4.79 Å². The first-order valence-corrected chi connectivity index (χ1v) is 10.7. The van der Waals surface area contributed by atoms with E-state index in [1.807, 2.05) is 0 Å². The lowest BCUT2D eigenvalue weighted by Gasteiger charge is -2.41. The summed E-state index contributed by atoms with van der Waals surface area (Å²) in [6.07, 6.45) is 19.0. The second-order valence-electron chi connectivity index (χ2n) is 8.89. The van der Waals surface area contributed by atoms with E-state index >= 15 is 0 Å². The van der Waals surface area contributed by atoms with Crippen molar-refractivity contribution in [1.82, 2.24) is 0 Å². The van der Waals surface area contributed by atoms with Crippen molar-refractivity contribution in [2.45, 2.75) is 117 Å². The van der Waals surface area contributed by atoms with Crippen LogP contribution in [0.5, 0.6) is 0 Å². The van der Waals surface area contributed by atoms with Gasteiger partial charge in [-0.1, -0.05) is 91.4 Å². The van der Waals surface area contributed by atoms with E-state index in [2.05, 4.69) is 20.8 Å². The maximum Gasteiger partial charge on any atom is 0.303 e. The molecule has 0 aromatic rings. The fourth-order valence-corrected chi connectivity index (χ4v) is 4.38. The lowest BCUT2D eigenvalue weighted by molar-refractivity contribution is -0.137. The number of carboxylic acid groups (broad SMARTS) is 1. The van der Waals surface area contributed by atoms with Crippen LogP contribution in [0.25, 0.3) is 0 Å². The molecule has 24 heavy (non-hydrogen) atoms. The summed E-state index contributed by atoms with van der Waals surface area (Å²) >= 11 is 0. The third-order valence-corrected chi connectivity index (χ3v) is 6.51. The van der Waals surface area contributed by atoms with Crippen molar-refractivity contribution in [1.29, 1.82) is 0 Å². The summed E-state index contributed by atoms with van der Waals surface area (Å²) < 4.78 is 0. The van der Waals surface area contributed by atoms with Crippen molar-refractivity contribution in [2.75, 3.05) is 0 Å². The van der Waals surface area contributed by atoms with Crippen LogP contribution in [0, 0.1) is 17.3 Å². The second kappa shape index (κ2) is 11.9. The van der Waals surface area contributed by atoms with Gasteiger partial charge in [0.05, 0.1) is 0 Å². The van der Waals surface area contributed by atoms with Crippen molar-refractivity contribution in [2.24, 2.45) is 17.3 Å². The summed E-state index contributed by atoms with van der Waals surface area (Å²) in [4.78, 5) is 10.4. The van der Waals surface area contributed by atoms with Crippen molar-refractivity contribution >= 4 is 5.97 Å². The number of hydrogen-bond donors (Lipinski definition) is 1. The molecule has 0 aromatic heterocycles. The molecule has 2 atom stereocenters. The fraction of sp³-hybridized carbons (Fsp3) is 0.955. The number of rotatable bonds is 13. The monoisotopic (exact) mass is 338 g/mol. The van der Waals surface area contributed by atoms with Gasteiger partial charge in [-0.15, -0.1) is 0 Å². The van der Waals surface area contributed by atoms with E-state index in [-0.39, 0.29) is 0 Å². The van der Waals surface area contributed by atoms with E-state index in [1.54, 1.807) is 0 Å². The lowest BCUT2D eigenvalue weighted by Crippen LogP contribution is -2.30. The van der Waals surface area contributed by atoms with Gasteiger partial charge in [-0.2, -0.15) is 0 Å². The average Bonchev–Trinajstić information content (AvgIpc) is 2.52. The van der Waals surface area contributed by atoms with Crippen LogP contribution in [-0.4, -0.2) is 11.1 Å². The Morgan fingerprint density at radius 2 is 1.54 bits per heavy atom. The van der Waals surface area contributed by atoms with Gasteiger partial charge in [0.25, 0.3) is 0 Å². The molecule has 1 aliphatic carbocycles. The molecule has 1 rings (SSSR count). The summed E-state index contributed by atoms with van der Waals surface area (Å²) in [7, 11) is 0. The Balaban J connectivity index is 1.92. The Bertz CT molecular complexity index is 337. The van der Waals surface area contributed by atoms with E-state index in [9.17, 15) is 4.79 Å². The predicted octanol–water partition coefficient (Wildman–Crippen LogP) is 7.21. The summed E-state index contributed by atoms with van der Waals surface area (Å²) in [6.45, 7) is 7.33. The minimum Gasteiger partial charge on any atom is -0.481 e. The molecule has 0 amide bonds. The molecule has 2 unspecified atom stereocenters. The molecular formula is C22H42O2. The number of aliphatic carboxylic acids is 1. The molecule has 2 nitrogen and oxygen atoms in total. The standard InChI is InChI=1S/C22H42O2/c1-19(2)22(3)17-13-15-20(18-22)14-11-9-7-5-4-6-8-10-12-16-21(23)24/h19-20H,4-18H2,1-3H3,(H,23,24). The maximum absolute atomic E-state index is 10.4. The van der Waals surface area contributed by atoms with E-state index in [0.717, 1.165) is 24.7 Å². The zero-order valence-electron chi connectivity index (χ0n) is 16.6. The molecule has 1 fully saturated rings. The van der Waals surface area contributed by atoms with Crippen LogP contribution >= 0.6 is 0 Å². The van der Waals surface area contributed by atoms with Crippen molar-refractivity contribution < 1.29 is 9.90 Å². The molecule has 0 aromatic carbocycles. The Labute approximate surface area is 150 Å². The van der Waals surface area contributed by atoms with Crippen molar-refractivity contribution in [3.63, 3.8) is 0 Å². The SMILES string of the molecule is CC(C)C1(C)CCCC(CCCCCCCCCCCC(=O)O)C1. The highest BCUT2D eigenvalue weighted by atomic mass is 16.4. The van der Waals surface area contributed by atoms with Gasteiger partial charge in [-0.3, -0.25) is 4.79 Å². The largest absolute Gasteiger partial charge is 0.481 e. The smallest absolute Gasteiger partial charge is 0.303 e. The third-order valence-electron chi connectivity index (χ3n) is 6.51. The van der Waals surface area contributed by atoms with Crippen LogP contribution in [0.1, 0.15) is 117 Å². The minimum absolute atomic E-state index is 0.344. The van der Waals surface area contributed by atoms with Crippen LogP contribution in [0.4, 0.5) is 0 Å². The highest BCUT2D eigenvalue weighted by Crippen LogP contribution is 2.45. The molecule has 0 spiro atoms. The molecule has 0 radical (unpaired) electrons. The minimum atomic E-state index is -0.651. The van der Waals surface area contributed by atoms with E-state index in [4.69, 9.17) is 5.11 Å². The Morgan fingerprint density at radius 3 is 2.08 bits per heavy atom. The van der Waals surface area contributed by atoms with Gasteiger partial charge in [0.1, 0.15) is 0 Å². The van der Waals surface area contributed by atoms with Crippen LogP contribution in [0.3, 0.4) is 0 Å². The van der Waals surface area contributed by atoms with Gasteiger partial charge in [0.2, 0.25) is 0 Å². The van der Waals surface area contributed by atoms with E-state index < -0.39 is 5.97 Å². The van der Waals surface area contributed by atoms with Crippen LogP contribution < -0.4 is 0 Å². The summed E-state index contributed by atoms with van der Waals surface area (Å²) in [6, 6.07) is 0. The molecule has 0 heterocycles.